The van der Waals surface area contributed by atoms with Gasteiger partial charge in [0.2, 0.25) is 21.8 Å². The highest BCUT2D eigenvalue weighted by Crippen LogP contribution is 2.25. The summed E-state index contributed by atoms with van der Waals surface area (Å²) in [6.07, 6.45) is 1.03. The van der Waals surface area contributed by atoms with Crippen molar-refractivity contribution >= 4 is 39.1 Å². The first kappa shape index (κ1) is 28.5. The van der Waals surface area contributed by atoms with Crippen LogP contribution in [0.3, 0.4) is 0 Å². The number of nitrogens with zero attached hydrogens (tertiary/aromatic N) is 2. The van der Waals surface area contributed by atoms with Gasteiger partial charge in [0.05, 0.1) is 19.1 Å². The number of aryl methyl sites for hydroxylation is 1. The van der Waals surface area contributed by atoms with Crippen LogP contribution >= 0.6 is 11.6 Å². The van der Waals surface area contributed by atoms with Crippen molar-refractivity contribution in [3.05, 3.63) is 58.6 Å². The lowest BCUT2D eigenvalue weighted by Gasteiger charge is -2.33. The minimum Gasteiger partial charge on any atom is -0.497 e. The zero-order valence-electron chi connectivity index (χ0n) is 21.3. The molecule has 2 aromatic rings. The monoisotopic (exact) mass is 523 g/mol. The number of hydrogen-bond donors (Lipinski definition) is 1. The highest BCUT2D eigenvalue weighted by Gasteiger charge is 2.31. The largest absolute Gasteiger partial charge is 0.497 e. The van der Waals surface area contributed by atoms with Gasteiger partial charge in [0.15, 0.2) is 0 Å². The average molecular weight is 524 g/mol. The Kier molecular flexibility index (Phi) is 9.19. The minimum absolute atomic E-state index is 0.105. The Morgan fingerprint density at radius 3 is 2.20 bits per heavy atom. The molecule has 8 nitrogen and oxygen atoms in total. The maximum absolute atomic E-state index is 13.5. The van der Waals surface area contributed by atoms with Crippen molar-refractivity contribution in [2.24, 2.45) is 0 Å². The minimum atomic E-state index is -3.82. The molecule has 0 bridgehead atoms. The molecule has 0 spiro atoms. The molecule has 0 aliphatic heterocycles. The third-order valence-corrected chi connectivity index (χ3v) is 6.85. The van der Waals surface area contributed by atoms with Gasteiger partial charge in [0.1, 0.15) is 18.3 Å². The number of rotatable bonds is 9. The van der Waals surface area contributed by atoms with E-state index >= 15 is 0 Å². The molecule has 0 aromatic heterocycles. The Hall–Kier alpha value is -2.78. The summed E-state index contributed by atoms with van der Waals surface area (Å²) in [4.78, 5) is 27.9. The Bertz CT molecular complexity index is 1160. The summed E-state index contributed by atoms with van der Waals surface area (Å²) in [7, 11) is -2.27. The number of benzene rings is 2. The fourth-order valence-electron chi connectivity index (χ4n) is 3.33. The molecular formula is C25H34ClN3O5S. The van der Waals surface area contributed by atoms with Crippen LogP contribution in [0, 0.1) is 6.92 Å². The molecule has 0 aliphatic rings. The summed E-state index contributed by atoms with van der Waals surface area (Å²) >= 11 is 6.21. The summed E-state index contributed by atoms with van der Waals surface area (Å²) in [5.74, 6) is -0.215. The molecule has 2 aromatic carbocycles. The van der Waals surface area contributed by atoms with Gasteiger partial charge in [-0.15, -0.1) is 0 Å². The Morgan fingerprint density at radius 1 is 1.11 bits per heavy atom. The lowest BCUT2D eigenvalue weighted by atomic mass is 10.1. The number of sulfonamides is 1. The molecule has 0 aliphatic carbocycles. The van der Waals surface area contributed by atoms with Gasteiger partial charge in [-0.05, 0) is 70.0 Å². The lowest BCUT2D eigenvalue weighted by Crippen LogP contribution is -2.54. The molecular weight excluding hydrogens is 490 g/mol. The van der Waals surface area contributed by atoms with Gasteiger partial charge in [-0.2, -0.15) is 0 Å². The van der Waals surface area contributed by atoms with E-state index in [1.165, 1.54) is 11.0 Å². The second-order valence-corrected chi connectivity index (χ2v) is 11.8. The molecule has 192 valence electrons. The maximum Gasteiger partial charge on any atom is 0.244 e. The zero-order valence-corrected chi connectivity index (χ0v) is 22.8. The number of carbonyl (C=O) groups is 2. The van der Waals surface area contributed by atoms with Gasteiger partial charge in [-0.25, -0.2) is 8.42 Å². The number of halogens is 1. The zero-order chi connectivity index (χ0) is 26.6. The third kappa shape index (κ3) is 8.14. The molecule has 0 radical (unpaired) electrons. The fraction of sp³-hybridized carbons (Fsp3) is 0.440. The summed E-state index contributed by atoms with van der Waals surface area (Å²) < 4.78 is 31.4. The van der Waals surface area contributed by atoms with E-state index in [0.29, 0.717) is 10.8 Å². The van der Waals surface area contributed by atoms with Crippen molar-refractivity contribution in [3.8, 4) is 5.75 Å². The number of carbonyl (C=O) groups excluding carboxylic acids is 2. The second-order valence-electron chi connectivity index (χ2n) is 9.49. The number of hydrogen-bond acceptors (Lipinski definition) is 5. The normalized spacial score (nSPS) is 12.6. The van der Waals surface area contributed by atoms with Gasteiger partial charge < -0.3 is 15.0 Å². The van der Waals surface area contributed by atoms with E-state index in [-0.39, 0.29) is 18.1 Å². The van der Waals surface area contributed by atoms with E-state index in [2.05, 4.69) is 5.32 Å². The van der Waals surface area contributed by atoms with Crippen LogP contribution in [0.25, 0.3) is 0 Å². The number of amides is 2. The van der Waals surface area contributed by atoms with Crippen LogP contribution in [0.5, 0.6) is 5.75 Å². The molecule has 0 saturated heterocycles. The van der Waals surface area contributed by atoms with Crippen molar-refractivity contribution < 1.29 is 22.7 Å². The van der Waals surface area contributed by atoms with Crippen molar-refractivity contribution in [2.45, 2.75) is 52.7 Å². The molecule has 0 heterocycles. The van der Waals surface area contributed by atoms with Gasteiger partial charge >= 0.3 is 0 Å². The standard InChI is InChI=1S/C25H34ClN3O5S/c1-17-8-11-20(14-22(17)26)29(35(7,32)33)16-23(30)28(18(2)24(31)27-25(3,4)5)15-19-9-12-21(34-6)13-10-19/h8-14,18H,15-16H2,1-7H3,(H,27,31)/t18-/m1/s1. The summed E-state index contributed by atoms with van der Waals surface area (Å²) in [6, 6.07) is 11.0. The van der Waals surface area contributed by atoms with Crippen LogP contribution < -0.4 is 14.4 Å². The molecule has 0 fully saturated rings. The second kappa shape index (κ2) is 11.3. The summed E-state index contributed by atoms with van der Waals surface area (Å²) in [5.41, 5.74) is 1.31. The molecule has 1 atom stereocenters. The van der Waals surface area contributed by atoms with Gasteiger partial charge in [0, 0.05) is 17.1 Å². The topological polar surface area (TPSA) is 96.0 Å². The number of ether oxygens (including phenoxy) is 1. The summed E-state index contributed by atoms with van der Waals surface area (Å²) in [6.45, 7) is 8.58. The fourth-order valence-corrected chi connectivity index (χ4v) is 4.35. The van der Waals surface area contributed by atoms with Crippen molar-refractivity contribution in [1.82, 2.24) is 10.2 Å². The van der Waals surface area contributed by atoms with Crippen LogP contribution in [0.2, 0.25) is 5.02 Å². The maximum atomic E-state index is 13.5. The Labute approximate surface area is 213 Å². The number of nitrogens with one attached hydrogen (secondary N) is 1. The molecule has 2 rings (SSSR count). The van der Waals surface area contributed by atoms with E-state index in [9.17, 15) is 18.0 Å². The average Bonchev–Trinajstić information content (AvgIpc) is 2.75. The molecule has 1 N–H and O–H groups in total. The van der Waals surface area contributed by atoms with Gasteiger partial charge in [0.25, 0.3) is 0 Å². The predicted octanol–water partition coefficient (Wildman–Crippen LogP) is 3.76. The van der Waals surface area contributed by atoms with Crippen LogP contribution in [0.1, 0.15) is 38.8 Å². The van der Waals surface area contributed by atoms with E-state index in [4.69, 9.17) is 16.3 Å². The van der Waals surface area contributed by atoms with Crippen LogP contribution in [0.15, 0.2) is 42.5 Å². The van der Waals surface area contributed by atoms with E-state index < -0.39 is 34.1 Å². The van der Waals surface area contributed by atoms with E-state index in [1.807, 2.05) is 20.8 Å². The SMILES string of the molecule is COc1ccc(CN(C(=O)CN(c2ccc(C)c(Cl)c2)S(C)(=O)=O)[C@H](C)C(=O)NC(C)(C)C)cc1. The first-order valence-corrected chi connectivity index (χ1v) is 13.3. The first-order chi connectivity index (χ1) is 16.1. The smallest absolute Gasteiger partial charge is 0.244 e. The summed E-state index contributed by atoms with van der Waals surface area (Å²) in [5, 5.41) is 3.27. The van der Waals surface area contributed by atoms with Gasteiger partial charge in [-0.1, -0.05) is 29.8 Å². The Balaban J connectivity index is 2.42. The van der Waals surface area contributed by atoms with Crippen molar-refractivity contribution in [1.29, 1.82) is 0 Å². The predicted molar refractivity (Wildman–Crippen MR) is 139 cm³/mol. The van der Waals surface area contributed by atoms with E-state index in [0.717, 1.165) is 21.7 Å². The number of methoxy groups -OCH3 is 1. The van der Waals surface area contributed by atoms with Crippen molar-refractivity contribution in [2.75, 3.05) is 24.2 Å². The Morgan fingerprint density at radius 2 is 1.71 bits per heavy atom. The molecule has 35 heavy (non-hydrogen) atoms. The molecule has 2 amide bonds. The molecule has 10 heteroatoms. The van der Waals surface area contributed by atoms with Crippen LogP contribution in [0.4, 0.5) is 5.69 Å². The first-order valence-electron chi connectivity index (χ1n) is 11.1. The van der Waals surface area contributed by atoms with Crippen molar-refractivity contribution in [3.63, 3.8) is 0 Å². The highest BCUT2D eigenvalue weighted by atomic mass is 35.5. The molecule has 0 saturated carbocycles. The van der Waals surface area contributed by atoms with Gasteiger partial charge in [-0.3, -0.25) is 13.9 Å². The lowest BCUT2D eigenvalue weighted by molar-refractivity contribution is -0.140. The highest BCUT2D eigenvalue weighted by molar-refractivity contribution is 7.92. The molecule has 0 unspecified atom stereocenters. The van der Waals surface area contributed by atoms with E-state index in [1.54, 1.807) is 57.4 Å². The van der Waals surface area contributed by atoms with Crippen LogP contribution in [-0.4, -0.2) is 56.6 Å². The quantitative estimate of drug-likeness (QED) is 0.540. The third-order valence-electron chi connectivity index (χ3n) is 5.30. The number of anilines is 1. The van der Waals surface area contributed by atoms with Crippen LogP contribution in [-0.2, 0) is 26.2 Å².